The van der Waals surface area contributed by atoms with Gasteiger partial charge in [-0.15, -0.1) is 0 Å². The second kappa shape index (κ2) is 18.5. The van der Waals surface area contributed by atoms with Crippen LogP contribution >= 0.6 is 0 Å². The molecule has 2 aliphatic rings. The van der Waals surface area contributed by atoms with Crippen LogP contribution in [0.5, 0.6) is 0 Å². The molecule has 0 saturated carbocycles. The van der Waals surface area contributed by atoms with Crippen molar-refractivity contribution < 1.29 is 0 Å². The molecule has 0 saturated heterocycles. The molecule has 0 aliphatic carbocycles. The number of rotatable bonds is 8. The highest BCUT2D eigenvalue weighted by atomic mass is 15.5. The molecule has 10 aromatic rings. The maximum absolute atomic E-state index is 5.21. The van der Waals surface area contributed by atoms with Crippen LogP contribution in [0.15, 0.2) is 243 Å². The van der Waals surface area contributed by atoms with Crippen molar-refractivity contribution in [2.45, 2.75) is 52.4 Å². The minimum atomic E-state index is -0.154. The molecule has 360 valence electrons. The van der Waals surface area contributed by atoms with E-state index in [9.17, 15) is 0 Å². The van der Waals surface area contributed by atoms with Gasteiger partial charge in [0.1, 0.15) is 0 Å². The van der Waals surface area contributed by atoms with Gasteiger partial charge in [0.25, 0.3) is 0 Å². The fourth-order valence-corrected chi connectivity index (χ4v) is 10.0. The molecule has 6 aromatic carbocycles. The molecule has 0 N–H and O–H groups in total. The molecule has 74 heavy (non-hydrogen) atoms. The molecule has 0 radical (unpaired) electrons. The van der Waals surface area contributed by atoms with Crippen molar-refractivity contribution >= 4 is 45.5 Å². The summed E-state index contributed by atoms with van der Waals surface area (Å²) in [6, 6.07) is 72.5. The number of benzene rings is 6. The van der Waals surface area contributed by atoms with E-state index in [1.54, 1.807) is 0 Å². The quantitative estimate of drug-likeness (QED) is 0.149. The molecule has 0 fully saturated rings. The molecule has 0 bridgehead atoms. The number of anilines is 8. The van der Waals surface area contributed by atoms with Gasteiger partial charge in [0.05, 0.1) is 93.1 Å². The molecule has 0 atom stereocenters. The summed E-state index contributed by atoms with van der Waals surface area (Å²) in [5, 5.41) is 0. The van der Waals surface area contributed by atoms with Crippen molar-refractivity contribution in [3.63, 3.8) is 0 Å². The maximum atomic E-state index is 5.21. The lowest BCUT2D eigenvalue weighted by Crippen LogP contribution is -2.33. The molecular formula is C66H56N8. The highest BCUT2D eigenvalue weighted by Gasteiger charge is 2.45. The Kier molecular flexibility index (Phi) is 11.5. The molecule has 12 rings (SSSR count). The van der Waals surface area contributed by atoms with Gasteiger partial charge < -0.3 is 0 Å². The average Bonchev–Trinajstić information content (AvgIpc) is 3.98. The SMILES string of the molecule is CC(C)(C)c1ccc2c(c1)N(c1ccc(-c3ccccc3)nc1)/C(=C1\N(c3ccc(-c4ccccc4)nc3)c3ccc(C(C)(C)C)cc3N1c1ccc(-c3ccccc3)nc1)N2c1ccc(-c2ccccc2)nc1. The Bertz CT molecular complexity index is 3400. The van der Waals surface area contributed by atoms with E-state index in [4.69, 9.17) is 19.9 Å². The first-order valence-corrected chi connectivity index (χ1v) is 25.3. The summed E-state index contributed by atoms with van der Waals surface area (Å²) in [6.07, 6.45) is 8.03. The number of pyridine rings is 4. The molecule has 8 nitrogen and oxygen atoms in total. The summed E-state index contributed by atoms with van der Waals surface area (Å²) in [5.41, 5.74) is 17.5. The summed E-state index contributed by atoms with van der Waals surface area (Å²) in [6.45, 7) is 13.6. The lowest BCUT2D eigenvalue weighted by Gasteiger charge is -2.34. The van der Waals surface area contributed by atoms with Crippen molar-refractivity contribution in [1.82, 2.24) is 19.9 Å². The van der Waals surface area contributed by atoms with Crippen LogP contribution in [0.25, 0.3) is 45.0 Å². The van der Waals surface area contributed by atoms with E-state index in [0.717, 1.165) is 102 Å². The Balaban J connectivity index is 1.18. The zero-order valence-electron chi connectivity index (χ0n) is 42.5. The van der Waals surface area contributed by atoms with Gasteiger partial charge in [-0.3, -0.25) is 39.5 Å². The van der Waals surface area contributed by atoms with Gasteiger partial charge in [0.2, 0.25) is 0 Å². The largest absolute Gasteiger partial charge is 0.289 e. The number of hydrogen-bond acceptors (Lipinski definition) is 8. The smallest absolute Gasteiger partial charge is 0.166 e. The third kappa shape index (κ3) is 8.44. The molecule has 0 unspecified atom stereocenters. The Morgan fingerprint density at radius 2 is 0.527 bits per heavy atom. The van der Waals surface area contributed by atoms with Crippen molar-refractivity contribution in [1.29, 1.82) is 0 Å². The summed E-state index contributed by atoms with van der Waals surface area (Å²) in [7, 11) is 0. The van der Waals surface area contributed by atoms with E-state index in [1.807, 2.05) is 49.1 Å². The third-order valence-electron chi connectivity index (χ3n) is 14.0. The summed E-state index contributed by atoms with van der Waals surface area (Å²) >= 11 is 0. The zero-order chi connectivity index (χ0) is 50.6. The Labute approximate surface area is 434 Å². The molecule has 2 aliphatic heterocycles. The van der Waals surface area contributed by atoms with Crippen LogP contribution in [0.4, 0.5) is 45.5 Å². The third-order valence-corrected chi connectivity index (χ3v) is 14.0. The van der Waals surface area contributed by atoms with Gasteiger partial charge in [0, 0.05) is 22.3 Å². The van der Waals surface area contributed by atoms with Crippen LogP contribution < -0.4 is 19.6 Å². The normalized spacial score (nSPS) is 14.4. The lowest BCUT2D eigenvalue weighted by molar-refractivity contribution is 0.590. The highest BCUT2D eigenvalue weighted by Crippen LogP contribution is 2.58. The van der Waals surface area contributed by atoms with E-state index < -0.39 is 0 Å². The number of fused-ring (bicyclic) bond motifs is 2. The Morgan fingerprint density at radius 3 is 0.757 bits per heavy atom. The monoisotopic (exact) mass is 960 g/mol. The molecule has 4 aromatic heterocycles. The van der Waals surface area contributed by atoms with Gasteiger partial charge in [-0.1, -0.05) is 175 Å². The van der Waals surface area contributed by atoms with Crippen LogP contribution in [0.1, 0.15) is 52.7 Å². The molecule has 0 spiro atoms. The summed E-state index contributed by atoms with van der Waals surface area (Å²) in [4.78, 5) is 30.3. The molecule has 6 heterocycles. The van der Waals surface area contributed by atoms with Crippen molar-refractivity contribution in [3.8, 4) is 45.0 Å². The second-order valence-corrected chi connectivity index (χ2v) is 21.0. The van der Waals surface area contributed by atoms with Gasteiger partial charge in [-0.2, -0.15) is 0 Å². The molecule has 0 amide bonds. The van der Waals surface area contributed by atoms with E-state index >= 15 is 0 Å². The number of aromatic nitrogens is 4. The minimum Gasteiger partial charge on any atom is -0.289 e. The zero-order valence-corrected chi connectivity index (χ0v) is 42.5. The fourth-order valence-electron chi connectivity index (χ4n) is 10.0. The molecule has 8 heteroatoms. The van der Waals surface area contributed by atoms with Crippen LogP contribution in [0.2, 0.25) is 0 Å². The number of nitrogens with zero attached hydrogens (tertiary/aromatic N) is 8. The first-order valence-electron chi connectivity index (χ1n) is 25.3. The first-order chi connectivity index (χ1) is 36.0. The van der Waals surface area contributed by atoms with Gasteiger partial charge in [-0.05, 0) is 94.8 Å². The van der Waals surface area contributed by atoms with Crippen molar-refractivity contribution in [2.75, 3.05) is 19.6 Å². The topological polar surface area (TPSA) is 64.5 Å². The minimum absolute atomic E-state index is 0.154. The van der Waals surface area contributed by atoms with Crippen molar-refractivity contribution in [3.05, 3.63) is 254 Å². The lowest BCUT2D eigenvalue weighted by atomic mass is 9.86. The van der Waals surface area contributed by atoms with Gasteiger partial charge >= 0.3 is 0 Å². The predicted octanol–water partition coefficient (Wildman–Crippen LogP) is 16.9. The average molecular weight is 961 g/mol. The fraction of sp³-hybridized carbons (Fsp3) is 0.121. The van der Waals surface area contributed by atoms with Gasteiger partial charge in [-0.25, -0.2) is 0 Å². The predicted molar refractivity (Wildman–Crippen MR) is 305 cm³/mol. The molecular weight excluding hydrogens is 905 g/mol. The van der Waals surface area contributed by atoms with Crippen molar-refractivity contribution in [2.24, 2.45) is 0 Å². The van der Waals surface area contributed by atoms with Crippen LogP contribution in [0.3, 0.4) is 0 Å². The van der Waals surface area contributed by atoms with Crippen LogP contribution in [0, 0.1) is 0 Å². The van der Waals surface area contributed by atoms with Crippen LogP contribution in [-0.2, 0) is 10.8 Å². The van der Waals surface area contributed by atoms with E-state index in [-0.39, 0.29) is 10.8 Å². The van der Waals surface area contributed by atoms with E-state index in [0.29, 0.717) is 0 Å². The highest BCUT2D eigenvalue weighted by molar-refractivity contribution is 6.00. The summed E-state index contributed by atoms with van der Waals surface area (Å²) in [5.74, 6) is 1.75. The Hall–Kier alpha value is -9.14. The van der Waals surface area contributed by atoms with E-state index in [2.05, 4.69) is 243 Å². The Morgan fingerprint density at radius 1 is 0.270 bits per heavy atom. The van der Waals surface area contributed by atoms with Gasteiger partial charge in [0.15, 0.2) is 11.6 Å². The maximum Gasteiger partial charge on any atom is 0.166 e. The summed E-state index contributed by atoms with van der Waals surface area (Å²) < 4.78 is 0. The standard InChI is InChI=1S/C66H56N8/c1-65(2,3)49-27-37-59-61(39-49)73(53-31-35-57(69-43-53)47-23-15-9-16-24-47)63(71(59)51-29-33-55(67-41-51)45-19-11-7-12-20-45)64-72(52-30-34-56(68-42-52)46-21-13-8-14-22-46)60-38-28-50(66(4,5)6)40-62(60)74(64)54-32-36-58(70-44-54)48-25-17-10-18-26-48/h7-44H,1-6H3/b64-63+. The van der Waals surface area contributed by atoms with Crippen LogP contribution in [-0.4, -0.2) is 19.9 Å². The van der Waals surface area contributed by atoms with E-state index in [1.165, 1.54) is 11.1 Å². The first kappa shape index (κ1) is 46.0. The second-order valence-electron chi connectivity index (χ2n) is 21.0. The number of hydrogen-bond donors (Lipinski definition) is 0.